The lowest BCUT2D eigenvalue weighted by molar-refractivity contribution is 0.0669. The molecule has 5 nitrogen and oxygen atoms in total. The summed E-state index contributed by atoms with van der Waals surface area (Å²) >= 11 is 1.39. The number of aromatic nitrogens is 2. The van der Waals surface area contributed by atoms with Crippen LogP contribution in [0.2, 0.25) is 0 Å². The van der Waals surface area contributed by atoms with E-state index in [9.17, 15) is 9.18 Å². The monoisotopic (exact) mass is 410 g/mol. The summed E-state index contributed by atoms with van der Waals surface area (Å²) < 4.78 is 18.5. The summed E-state index contributed by atoms with van der Waals surface area (Å²) in [4.78, 5) is 21.3. The average molecular weight is 411 g/mol. The third-order valence-electron chi connectivity index (χ3n) is 5.20. The predicted molar refractivity (Wildman–Crippen MR) is 113 cm³/mol. The quantitative estimate of drug-likeness (QED) is 0.654. The molecule has 1 saturated heterocycles. The van der Waals surface area contributed by atoms with Crippen LogP contribution in [0.4, 0.5) is 9.52 Å². The van der Waals surface area contributed by atoms with E-state index >= 15 is 0 Å². The molecule has 0 bridgehead atoms. The van der Waals surface area contributed by atoms with Gasteiger partial charge in [0.15, 0.2) is 0 Å². The van der Waals surface area contributed by atoms with E-state index in [4.69, 9.17) is 4.98 Å². The molecule has 7 heteroatoms. The molecular formula is C22H23FN4OS. The van der Waals surface area contributed by atoms with Gasteiger partial charge in [-0.05, 0) is 31.5 Å². The number of amides is 1. The number of piperazine rings is 1. The maximum atomic E-state index is 14.0. The first-order chi connectivity index (χ1) is 14.0. The smallest absolute Gasteiger partial charge is 0.257 e. The molecule has 2 heterocycles. The second-order valence-electron chi connectivity index (χ2n) is 7.43. The highest BCUT2D eigenvalue weighted by Gasteiger charge is 2.30. The fraction of sp³-hybridized carbons (Fsp3) is 0.318. The highest BCUT2D eigenvalue weighted by Crippen LogP contribution is 2.24. The van der Waals surface area contributed by atoms with E-state index in [1.54, 1.807) is 23.1 Å². The number of hydrogen-bond acceptors (Lipinski definition) is 5. The minimum atomic E-state index is -0.475. The zero-order valence-electron chi connectivity index (χ0n) is 16.5. The molecule has 29 heavy (non-hydrogen) atoms. The van der Waals surface area contributed by atoms with Crippen LogP contribution in [0, 0.1) is 12.7 Å². The first kappa shape index (κ1) is 19.5. The van der Waals surface area contributed by atoms with Gasteiger partial charge in [0.2, 0.25) is 5.13 Å². The second-order valence-corrected chi connectivity index (χ2v) is 8.16. The van der Waals surface area contributed by atoms with Crippen LogP contribution in [0.5, 0.6) is 0 Å². The van der Waals surface area contributed by atoms with Crippen molar-refractivity contribution in [3.63, 3.8) is 0 Å². The Balaban J connectivity index is 1.41. The first-order valence-corrected chi connectivity index (χ1v) is 10.5. The summed E-state index contributed by atoms with van der Waals surface area (Å²) in [5.74, 6) is 0.0796. The lowest BCUT2D eigenvalue weighted by atomic mass is 10.1. The number of anilines is 1. The third-order valence-corrected chi connectivity index (χ3v) is 6.02. The summed E-state index contributed by atoms with van der Waals surface area (Å²) in [7, 11) is 0. The molecule has 1 aliphatic heterocycles. The molecule has 2 aromatic carbocycles. The predicted octanol–water partition coefficient (Wildman–Crippen LogP) is 3.93. The summed E-state index contributed by atoms with van der Waals surface area (Å²) in [5, 5.41) is 0.872. The molecule has 1 aliphatic rings. The van der Waals surface area contributed by atoms with Gasteiger partial charge in [-0.15, -0.1) is 0 Å². The highest BCUT2D eigenvalue weighted by atomic mass is 32.1. The van der Waals surface area contributed by atoms with Crippen LogP contribution < -0.4 is 4.90 Å². The molecule has 4 rings (SSSR count). The van der Waals surface area contributed by atoms with Gasteiger partial charge < -0.3 is 9.80 Å². The Labute approximate surface area is 174 Å². The van der Waals surface area contributed by atoms with Gasteiger partial charge in [0, 0.05) is 43.6 Å². The Morgan fingerprint density at radius 1 is 1.17 bits per heavy atom. The molecule has 0 spiro atoms. The van der Waals surface area contributed by atoms with Crippen molar-refractivity contribution >= 4 is 22.6 Å². The van der Waals surface area contributed by atoms with Crippen molar-refractivity contribution in [3.05, 3.63) is 76.9 Å². The Morgan fingerprint density at radius 3 is 2.66 bits per heavy atom. The minimum Gasteiger partial charge on any atom is -0.343 e. The highest BCUT2D eigenvalue weighted by molar-refractivity contribution is 7.09. The van der Waals surface area contributed by atoms with E-state index in [1.165, 1.54) is 28.7 Å². The van der Waals surface area contributed by atoms with E-state index in [0.717, 1.165) is 11.0 Å². The van der Waals surface area contributed by atoms with Crippen molar-refractivity contribution < 1.29 is 9.18 Å². The van der Waals surface area contributed by atoms with Gasteiger partial charge in [-0.2, -0.15) is 4.37 Å². The van der Waals surface area contributed by atoms with Crippen LogP contribution in [0.1, 0.15) is 34.2 Å². The van der Waals surface area contributed by atoms with Crippen molar-refractivity contribution in [1.29, 1.82) is 0 Å². The Hall–Kier alpha value is -2.80. The van der Waals surface area contributed by atoms with Gasteiger partial charge in [0.05, 0.1) is 5.56 Å². The first-order valence-electron chi connectivity index (χ1n) is 9.70. The molecule has 0 saturated carbocycles. The Bertz CT molecular complexity index is 1000. The van der Waals surface area contributed by atoms with Crippen LogP contribution in [0.15, 0.2) is 48.5 Å². The van der Waals surface area contributed by atoms with Crippen LogP contribution in [0.3, 0.4) is 0 Å². The standard InChI is InChI=1S/C22H23FN4OS/c1-15-7-9-17(10-8-15)13-20-24-22(29-25-20)26-11-12-27(16(2)14-26)21(28)18-5-3-4-6-19(18)23/h3-10,16H,11-14H2,1-2H3/t16-/m1/s1. The van der Waals surface area contributed by atoms with E-state index in [-0.39, 0.29) is 17.5 Å². The van der Waals surface area contributed by atoms with E-state index in [2.05, 4.69) is 40.5 Å². The fourth-order valence-corrected chi connectivity index (χ4v) is 4.28. The maximum absolute atomic E-state index is 14.0. The number of hydrogen-bond donors (Lipinski definition) is 0. The molecule has 150 valence electrons. The van der Waals surface area contributed by atoms with E-state index in [1.807, 2.05) is 6.92 Å². The molecule has 0 radical (unpaired) electrons. The van der Waals surface area contributed by atoms with Gasteiger partial charge in [-0.25, -0.2) is 9.37 Å². The summed E-state index contributed by atoms with van der Waals surface area (Å²) in [6.45, 7) is 5.89. The number of carbonyl (C=O) groups excluding carboxylic acids is 1. The van der Waals surface area contributed by atoms with Crippen molar-refractivity contribution in [2.75, 3.05) is 24.5 Å². The fourth-order valence-electron chi connectivity index (χ4n) is 3.56. The number of carbonyl (C=O) groups is 1. The lowest BCUT2D eigenvalue weighted by Crippen LogP contribution is -2.54. The third kappa shape index (κ3) is 4.29. The summed E-state index contributed by atoms with van der Waals surface area (Å²) in [6.07, 6.45) is 0.706. The summed E-state index contributed by atoms with van der Waals surface area (Å²) in [6, 6.07) is 14.5. The SMILES string of the molecule is Cc1ccc(Cc2nsc(N3CCN(C(=O)c4ccccc4F)[C@H](C)C3)n2)cc1. The average Bonchev–Trinajstić information content (AvgIpc) is 3.18. The van der Waals surface area contributed by atoms with Gasteiger partial charge in [-0.3, -0.25) is 4.79 Å². The van der Waals surface area contributed by atoms with E-state index < -0.39 is 5.82 Å². The summed E-state index contributed by atoms with van der Waals surface area (Å²) in [5.41, 5.74) is 2.55. The molecule has 0 unspecified atom stereocenters. The zero-order valence-corrected chi connectivity index (χ0v) is 17.3. The van der Waals surface area contributed by atoms with Crippen molar-refractivity contribution in [2.24, 2.45) is 0 Å². The molecule has 3 aromatic rings. The van der Waals surface area contributed by atoms with Crippen molar-refractivity contribution in [2.45, 2.75) is 26.3 Å². The topological polar surface area (TPSA) is 49.3 Å². The van der Waals surface area contributed by atoms with Crippen LogP contribution in [-0.2, 0) is 6.42 Å². The van der Waals surface area contributed by atoms with Gasteiger partial charge in [-0.1, -0.05) is 42.0 Å². The maximum Gasteiger partial charge on any atom is 0.257 e. The number of halogens is 1. The molecular weight excluding hydrogens is 387 g/mol. The Kier molecular flexibility index (Phi) is 5.58. The van der Waals surface area contributed by atoms with Gasteiger partial charge in [0.1, 0.15) is 11.6 Å². The molecule has 1 atom stereocenters. The molecule has 1 aromatic heterocycles. The van der Waals surface area contributed by atoms with E-state index in [0.29, 0.717) is 26.1 Å². The number of aryl methyl sites for hydroxylation is 1. The van der Waals surface area contributed by atoms with Crippen LogP contribution >= 0.6 is 11.5 Å². The molecule has 0 N–H and O–H groups in total. The molecule has 0 aliphatic carbocycles. The van der Waals surface area contributed by atoms with Crippen LogP contribution in [0.25, 0.3) is 0 Å². The molecule has 1 amide bonds. The number of benzene rings is 2. The van der Waals surface area contributed by atoms with Crippen molar-refractivity contribution in [1.82, 2.24) is 14.3 Å². The largest absolute Gasteiger partial charge is 0.343 e. The second kappa shape index (κ2) is 8.29. The normalized spacial score (nSPS) is 16.9. The van der Waals surface area contributed by atoms with Gasteiger partial charge in [0.25, 0.3) is 5.91 Å². The Morgan fingerprint density at radius 2 is 1.93 bits per heavy atom. The number of rotatable bonds is 4. The van der Waals surface area contributed by atoms with Crippen molar-refractivity contribution in [3.8, 4) is 0 Å². The lowest BCUT2D eigenvalue weighted by Gasteiger charge is -2.39. The minimum absolute atomic E-state index is 0.0414. The van der Waals surface area contributed by atoms with Gasteiger partial charge >= 0.3 is 0 Å². The number of nitrogens with zero attached hydrogens (tertiary/aromatic N) is 4. The zero-order chi connectivity index (χ0) is 20.4. The van der Waals surface area contributed by atoms with Crippen LogP contribution in [-0.4, -0.2) is 45.8 Å². The molecule has 1 fully saturated rings.